The first-order chi connectivity index (χ1) is 5.54. The van der Waals surface area contributed by atoms with Crippen LogP contribution in [0.1, 0.15) is 11.3 Å². The number of pyridine rings is 1. The van der Waals surface area contributed by atoms with Crippen molar-refractivity contribution >= 4 is 11.4 Å². The fraction of sp³-hybridized carbons (Fsp3) is 0.286. The summed E-state index contributed by atoms with van der Waals surface area (Å²) in [4.78, 5) is 13.7. The summed E-state index contributed by atoms with van der Waals surface area (Å²) in [6, 6.07) is 0. The van der Waals surface area contributed by atoms with Gasteiger partial charge in [0.25, 0.3) is 0 Å². The monoisotopic (exact) mass is 167 g/mol. The lowest BCUT2D eigenvalue weighted by molar-refractivity contribution is -0.384. The molecule has 0 aliphatic rings. The zero-order valence-electron chi connectivity index (χ0n) is 6.87. The van der Waals surface area contributed by atoms with Crippen molar-refractivity contribution in [2.45, 2.75) is 13.8 Å². The molecule has 1 heterocycles. The Labute approximate surface area is 69.4 Å². The molecule has 5 nitrogen and oxygen atoms in total. The van der Waals surface area contributed by atoms with Crippen LogP contribution in [0, 0.1) is 24.0 Å². The van der Waals surface area contributed by atoms with Crippen molar-refractivity contribution in [3.63, 3.8) is 0 Å². The summed E-state index contributed by atoms with van der Waals surface area (Å²) in [5, 5.41) is 10.4. The Balaban J connectivity index is 3.36. The quantitative estimate of drug-likeness (QED) is 0.503. The molecule has 1 aromatic rings. The number of aromatic nitrogens is 1. The van der Waals surface area contributed by atoms with Gasteiger partial charge in [-0.1, -0.05) is 0 Å². The van der Waals surface area contributed by atoms with Crippen molar-refractivity contribution in [1.82, 2.24) is 4.98 Å². The van der Waals surface area contributed by atoms with E-state index in [0.717, 1.165) is 5.69 Å². The van der Waals surface area contributed by atoms with E-state index < -0.39 is 4.92 Å². The smallest absolute Gasteiger partial charge is 0.310 e. The van der Waals surface area contributed by atoms with Crippen LogP contribution in [0.4, 0.5) is 11.4 Å². The molecule has 0 aliphatic carbocycles. The first-order valence-corrected chi connectivity index (χ1v) is 3.40. The zero-order valence-corrected chi connectivity index (χ0v) is 6.87. The van der Waals surface area contributed by atoms with Gasteiger partial charge in [-0.25, -0.2) is 0 Å². The molecule has 0 bridgehead atoms. The number of anilines is 1. The van der Waals surface area contributed by atoms with E-state index in [2.05, 4.69) is 4.98 Å². The summed E-state index contributed by atoms with van der Waals surface area (Å²) in [5.74, 6) is 0. The van der Waals surface area contributed by atoms with Crippen LogP contribution in [0.2, 0.25) is 0 Å². The number of rotatable bonds is 1. The number of aryl methyl sites for hydroxylation is 1. The van der Waals surface area contributed by atoms with Gasteiger partial charge in [0.2, 0.25) is 0 Å². The van der Waals surface area contributed by atoms with Crippen LogP contribution in [0.25, 0.3) is 0 Å². The number of nitro groups is 1. The Morgan fingerprint density at radius 2 is 2.17 bits per heavy atom. The van der Waals surface area contributed by atoms with Crippen molar-refractivity contribution in [3.8, 4) is 0 Å². The summed E-state index contributed by atoms with van der Waals surface area (Å²) in [6.07, 6.45) is 1.18. The fourth-order valence-electron chi connectivity index (χ4n) is 0.857. The van der Waals surface area contributed by atoms with Crippen LogP contribution in [0.5, 0.6) is 0 Å². The van der Waals surface area contributed by atoms with E-state index in [9.17, 15) is 10.1 Å². The Morgan fingerprint density at radius 1 is 1.58 bits per heavy atom. The van der Waals surface area contributed by atoms with Crippen LogP contribution < -0.4 is 5.73 Å². The molecule has 0 saturated heterocycles. The molecular weight excluding hydrogens is 158 g/mol. The Kier molecular flexibility index (Phi) is 1.95. The van der Waals surface area contributed by atoms with Gasteiger partial charge >= 0.3 is 5.69 Å². The maximum Gasteiger partial charge on any atom is 0.310 e. The minimum atomic E-state index is -0.533. The van der Waals surface area contributed by atoms with Crippen LogP contribution >= 0.6 is 0 Å². The van der Waals surface area contributed by atoms with Gasteiger partial charge in [-0.15, -0.1) is 0 Å². The Morgan fingerprint density at radius 3 is 2.67 bits per heavy atom. The van der Waals surface area contributed by atoms with Crippen molar-refractivity contribution < 1.29 is 4.92 Å². The van der Waals surface area contributed by atoms with E-state index in [1.807, 2.05) is 0 Å². The van der Waals surface area contributed by atoms with Gasteiger partial charge < -0.3 is 5.73 Å². The van der Waals surface area contributed by atoms with Crippen molar-refractivity contribution in [1.29, 1.82) is 0 Å². The first kappa shape index (κ1) is 8.45. The highest BCUT2D eigenvalue weighted by Crippen LogP contribution is 2.24. The lowest BCUT2D eigenvalue weighted by Gasteiger charge is -2.02. The van der Waals surface area contributed by atoms with Crippen LogP contribution in [0.15, 0.2) is 6.20 Å². The van der Waals surface area contributed by atoms with Gasteiger partial charge in [0, 0.05) is 11.3 Å². The molecule has 1 aromatic heterocycles. The molecular formula is C7H9N3O2. The summed E-state index contributed by atoms with van der Waals surface area (Å²) >= 11 is 0. The van der Waals surface area contributed by atoms with Crippen LogP contribution in [-0.4, -0.2) is 9.91 Å². The minimum Gasteiger partial charge on any atom is -0.393 e. The molecule has 1 rings (SSSR count). The summed E-state index contributed by atoms with van der Waals surface area (Å²) in [5.41, 5.74) is 6.97. The number of nitrogen functional groups attached to an aromatic ring is 1. The molecule has 0 atom stereocenters. The highest BCUT2D eigenvalue weighted by Gasteiger charge is 2.14. The number of hydrogen-bond acceptors (Lipinski definition) is 4. The highest BCUT2D eigenvalue weighted by atomic mass is 16.6. The third-order valence-electron chi connectivity index (χ3n) is 1.80. The second kappa shape index (κ2) is 2.77. The van der Waals surface area contributed by atoms with E-state index >= 15 is 0 Å². The third-order valence-corrected chi connectivity index (χ3v) is 1.80. The molecule has 12 heavy (non-hydrogen) atoms. The van der Waals surface area contributed by atoms with Gasteiger partial charge in [0.15, 0.2) is 0 Å². The molecule has 0 saturated carbocycles. The SMILES string of the molecule is Cc1ncc([N+](=O)[O-])c(N)c1C. The lowest BCUT2D eigenvalue weighted by atomic mass is 10.2. The first-order valence-electron chi connectivity index (χ1n) is 3.40. The molecule has 64 valence electrons. The topological polar surface area (TPSA) is 82.0 Å². The largest absolute Gasteiger partial charge is 0.393 e. The van der Waals surface area contributed by atoms with Crippen LogP contribution in [0.3, 0.4) is 0 Å². The maximum atomic E-state index is 10.4. The molecule has 2 N–H and O–H groups in total. The summed E-state index contributed by atoms with van der Waals surface area (Å²) < 4.78 is 0. The van der Waals surface area contributed by atoms with E-state index in [-0.39, 0.29) is 11.4 Å². The van der Waals surface area contributed by atoms with Gasteiger partial charge in [0.05, 0.1) is 4.92 Å². The number of nitrogens with zero attached hydrogens (tertiary/aromatic N) is 2. The number of hydrogen-bond donors (Lipinski definition) is 1. The van der Waals surface area contributed by atoms with Crippen LogP contribution in [-0.2, 0) is 0 Å². The van der Waals surface area contributed by atoms with E-state index in [1.165, 1.54) is 6.20 Å². The third kappa shape index (κ3) is 1.20. The number of nitrogens with two attached hydrogens (primary N) is 1. The molecule has 0 radical (unpaired) electrons. The van der Waals surface area contributed by atoms with Crippen molar-refractivity contribution in [3.05, 3.63) is 27.6 Å². The van der Waals surface area contributed by atoms with Gasteiger partial charge in [0.1, 0.15) is 11.9 Å². The molecule has 5 heteroatoms. The predicted octanol–water partition coefficient (Wildman–Crippen LogP) is 1.19. The van der Waals surface area contributed by atoms with Crippen molar-refractivity contribution in [2.24, 2.45) is 0 Å². The maximum absolute atomic E-state index is 10.4. The van der Waals surface area contributed by atoms with E-state index in [1.54, 1.807) is 13.8 Å². The normalized spacial score (nSPS) is 9.83. The second-order valence-electron chi connectivity index (χ2n) is 2.52. The van der Waals surface area contributed by atoms with E-state index in [4.69, 9.17) is 5.73 Å². The minimum absolute atomic E-state index is 0.127. The van der Waals surface area contributed by atoms with Gasteiger partial charge in [-0.3, -0.25) is 15.1 Å². The molecule has 0 fully saturated rings. The zero-order chi connectivity index (χ0) is 9.30. The van der Waals surface area contributed by atoms with Crippen molar-refractivity contribution in [2.75, 3.05) is 5.73 Å². The average molecular weight is 167 g/mol. The Hall–Kier alpha value is -1.65. The lowest BCUT2D eigenvalue weighted by Crippen LogP contribution is -2.01. The molecule has 0 unspecified atom stereocenters. The standard InChI is InChI=1S/C7H9N3O2/c1-4-5(2)9-3-6(7(4)8)10(11)12/h3H,1-2H3,(H2,8,9). The highest BCUT2D eigenvalue weighted by molar-refractivity contribution is 5.62. The average Bonchev–Trinajstić information content (AvgIpc) is 2.00. The van der Waals surface area contributed by atoms with Gasteiger partial charge in [-0.2, -0.15) is 0 Å². The van der Waals surface area contributed by atoms with Gasteiger partial charge in [-0.05, 0) is 13.8 Å². The molecule has 0 aliphatic heterocycles. The summed E-state index contributed by atoms with van der Waals surface area (Å²) in [6.45, 7) is 3.47. The van der Waals surface area contributed by atoms with E-state index in [0.29, 0.717) is 5.56 Å². The predicted molar refractivity (Wildman–Crippen MR) is 44.8 cm³/mol. The second-order valence-corrected chi connectivity index (χ2v) is 2.52. The molecule has 0 spiro atoms. The molecule has 0 amide bonds. The molecule has 0 aromatic carbocycles. The fourth-order valence-corrected chi connectivity index (χ4v) is 0.857. The Bertz CT molecular complexity index is 336. The summed E-state index contributed by atoms with van der Waals surface area (Å²) in [7, 11) is 0.